The lowest BCUT2D eigenvalue weighted by Crippen LogP contribution is -2.01. The number of benzene rings is 2. The average Bonchev–Trinajstić information content (AvgIpc) is 2.40. The van der Waals surface area contributed by atoms with Gasteiger partial charge in [0.05, 0.1) is 6.61 Å². The van der Waals surface area contributed by atoms with E-state index in [-0.39, 0.29) is 6.35 Å². The van der Waals surface area contributed by atoms with Crippen LogP contribution in [0.2, 0.25) is 0 Å². The Kier molecular flexibility index (Phi) is 4.78. The molecule has 2 aromatic carbocycles. The Labute approximate surface area is 113 Å². The Bertz CT molecular complexity index is 540. The molecule has 2 rings (SSSR count). The molecule has 0 fully saturated rings. The molecule has 4 heteroatoms. The minimum Gasteiger partial charge on any atom is -0.441 e. The standard InChI is InChI=1S/C15H17O3P/c1-19(16,18-15-10-6-3-7-11-15)13-17-12-14-8-4-2-5-9-14/h2-11H,12-13H2,1H3. The maximum atomic E-state index is 12.2. The molecular formula is C15H17O3P. The van der Waals surface area contributed by atoms with Crippen molar-refractivity contribution in [3.63, 3.8) is 0 Å². The van der Waals surface area contributed by atoms with Gasteiger partial charge in [0, 0.05) is 6.66 Å². The van der Waals surface area contributed by atoms with E-state index in [4.69, 9.17) is 9.26 Å². The maximum Gasteiger partial charge on any atom is 0.269 e. The van der Waals surface area contributed by atoms with Crippen LogP contribution in [0.1, 0.15) is 5.56 Å². The molecule has 100 valence electrons. The van der Waals surface area contributed by atoms with Crippen LogP contribution in [-0.2, 0) is 15.9 Å². The first-order chi connectivity index (χ1) is 9.16. The van der Waals surface area contributed by atoms with E-state index in [1.165, 1.54) is 0 Å². The van der Waals surface area contributed by atoms with Crippen molar-refractivity contribution in [1.29, 1.82) is 0 Å². The maximum absolute atomic E-state index is 12.2. The largest absolute Gasteiger partial charge is 0.441 e. The number of hydrogen-bond donors (Lipinski definition) is 0. The fraction of sp³-hybridized carbons (Fsp3) is 0.200. The Balaban J connectivity index is 1.83. The molecule has 3 nitrogen and oxygen atoms in total. The molecule has 0 aliphatic heterocycles. The third-order valence-corrected chi connectivity index (χ3v) is 3.73. The van der Waals surface area contributed by atoms with E-state index in [2.05, 4.69) is 0 Å². The fourth-order valence-electron chi connectivity index (χ4n) is 1.63. The molecule has 1 unspecified atom stereocenters. The number of ether oxygens (including phenoxy) is 1. The zero-order valence-corrected chi connectivity index (χ0v) is 11.8. The predicted octanol–water partition coefficient (Wildman–Crippen LogP) is 4.15. The highest BCUT2D eigenvalue weighted by Gasteiger charge is 2.17. The summed E-state index contributed by atoms with van der Waals surface area (Å²) in [5, 5.41) is 0. The molecule has 19 heavy (non-hydrogen) atoms. The Morgan fingerprint density at radius 1 is 0.947 bits per heavy atom. The van der Waals surface area contributed by atoms with E-state index in [1.54, 1.807) is 18.8 Å². The van der Waals surface area contributed by atoms with Crippen LogP contribution in [0.4, 0.5) is 0 Å². The van der Waals surface area contributed by atoms with Crippen LogP contribution >= 0.6 is 7.37 Å². The normalized spacial score (nSPS) is 13.7. The quantitative estimate of drug-likeness (QED) is 0.743. The van der Waals surface area contributed by atoms with Crippen LogP contribution in [0.15, 0.2) is 60.7 Å². The van der Waals surface area contributed by atoms with E-state index in [9.17, 15) is 4.57 Å². The van der Waals surface area contributed by atoms with Crippen molar-refractivity contribution in [3.05, 3.63) is 66.2 Å². The summed E-state index contributed by atoms with van der Waals surface area (Å²) in [5.74, 6) is 0.608. The van der Waals surface area contributed by atoms with Crippen molar-refractivity contribution in [2.45, 2.75) is 6.61 Å². The van der Waals surface area contributed by atoms with E-state index < -0.39 is 7.37 Å². The third-order valence-electron chi connectivity index (χ3n) is 2.48. The molecule has 0 saturated heterocycles. The van der Waals surface area contributed by atoms with Gasteiger partial charge in [-0.2, -0.15) is 0 Å². The number of hydrogen-bond acceptors (Lipinski definition) is 3. The van der Waals surface area contributed by atoms with Crippen LogP contribution in [-0.4, -0.2) is 13.0 Å². The van der Waals surface area contributed by atoms with Gasteiger partial charge in [0.2, 0.25) is 0 Å². The Morgan fingerprint density at radius 3 is 2.16 bits per heavy atom. The molecule has 0 amide bonds. The molecular weight excluding hydrogens is 259 g/mol. The zero-order valence-electron chi connectivity index (χ0n) is 10.9. The van der Waals surface area contributed by atoms with Crippen LogP contribution < -0.4 is 4.52 Å². The topological polar surface area (TPSA) is 35.5 Å². The van der Waals surface area contributed by atoms with Gasteiger partial charge >= 0.3 is 0 Å². The van der Waals surface area contributed by atoms with Crippen LogP contribution in [0.25, 0.3) is 0 Å². The molecule has 0 N–H and O–H groups in total. The summed E-state index contributed by atoms with van der Waals surface area (Å²) in [5.41, 5.74) is 1.06. The summed E-state index contributed by atoms with van der Waals surface area (Å²) >= 11 is 0. The summed E-state index contributed by atoms with van der Waals surface area (Å²) in [6.07, 6.45) is 0.108. The van der Waals surface area contributed by atoms with Gasteiger partial charge < -0.3 is 9.26 Å². The molecule has 0 aliphatic carbocycles. The number of rotatable bonds is 6. The van der Waals surface area contributed by atoms with Gasteiger partial charge in [0.25, 0.3) is 7.37 Å². The Morgan fingerprint density at radius 2 is 1.53 bits per heavy atom. The molecule has 0 spiro atoms. The van der Waals surface area contributed by atoms with Crippen molar-refractivity contribution >= 4 is 7.37 Å². The summed E-state index contributed by atoms with van der Waals surface area (Å²) < 4.78 is 23.2. The van der Waals surface area contributed by atoms with Gasteiger partial charge in [0.1, 0.15) is 12.1 Å². The van der Waals surface area contributed by atoms with Crippen LogP contribution in [0.3, 0.4) is 0 Å². The van der Waals surface area contributed by atoms with Gasteiger partial charge in [0.15, 0.2) is 0 Å². The SMILES string of the molecule is CP(=O)(COCc1ccccc1)Oc1ccccc1. The van der Waals surface area contributed by atoms with Gasteiger partial charge in [-0.3, -0.25) is 4.57 Å². The van der Waals surface area contributed by atoms with Crippen molar-refractivity contribution in [3.8, 4) is 5.75 Å². The Hall–Kier alpha value is -1.57. The monoisotopic (exact) mass is 276 g/mol. The van der Waals surface area contributed by atoms with Gasteiger partial charge in [-0.05, 0) is 17.7 Å². The van der Waals surface area contributed by atoms with E-state index in [0.29, 0.717) is 12.4 Å². The van der Waals surface area contributed by atoms with Crippen LogP contribution in [0, 0.1) is 0 Å². The summed E-state index contributed by atoms with van der Waals surface area (Å²) in [6.45, 7) is 2.03. The second-order valence-corrected chi connectivity index (χ2v) is 6.85. The minimum absolute atomic E-state index is 0.108. The van der Waals surface area contributed by atoms with Crippen LogP contribution in [0.5, 0.6) is 5.75 Å². The summed E-state index contributed by atoms with van der Waals surface area (Å²) in [7, 11) is -2.77. The lowest BCUT2D eigenvalue weighted by atomic mass is 10.2. The highest BCUT2D eigenvalue weighted by molar-refractivity contribution is 7.58. The molecule has 0 bridgehead atoms. The van der Waals surface area contributed by atoms with Crippen molar-refractivity contribution in [1.82, 2.24) is 0 Å². The van der Waals surface area contributed by atoms with Gasteiger partial charge in [-0.25, -0.2) is 0 Å². The van der Waals surface area contributed by atoms with E-state index >= 15 is 0 Å². The minimum atomic E-state index is -2.77. The second-order valence-electron chi connectivity index (χ2n) is 4.38. The summed E-state index contributed by atoms with van der Waals surface area (Å²) in [6, 6.07) is 18.9. The number of para-hydroxylation sites is 1. The van der Waals surface area contributed by atoms with Crippen molar-refractivity contribution in [2.24, 2.45) is 0 Å². The summed E-state index contributed by atoms with van der Waals surface area (Å²) in [4.78, 5) is 0. The zero-order chi connectivity index (χ0) is 13.6. The first-order valence-corrected chi connectivity index (χ1v) is 8.34. The molecule has 0 saturated carbocycles. The first kappa shape index (κ1) is 13.9. The van der Waals surface area contributed by atoms with E-state index in [0.717, 1.165) is 5.56 Å². The highest BCUT2D eigenvalue weighted by atomic mass is 31.2. The van der Waals surface area contributed by atoms with Crippen molar-refractivity contribution < 1.29 is 13.8 Å². The molecule has 0 aliphatic rings. The van der Waals surface area contributed by atoms with Gasteiger partial charge in [-0.1, -0.05) is 48.5 Å². The first-order valence-electron chi connectivity index (χ1n) is 6.08. The third kappa shape index (κ3) is 4.90. The fourth-order valence-corrected chi connectivity index (χ4v) is 2.68. The molecule has 2 aromatic rings. The highest BCUT2D eigenvalue weighted by Crippen LogP contribution is 2.43. The predicted molar refractivity (Wildman–Crippen MR) is 76.7 cm³/mol. The smallest absolute Gasteiger partial charge is 0.269 e. The average molecular weight is 276 g/mol. The second kappa shape index (κ2) is 6.55. The van der Waals surface area contributed by atoms with E-state index in [1.807, 2.05) is 48.5 Å². The lowest BCUT2D eigenvalue weighted by Gasteiger charge is -2.15. The lowest BCUT2D eigenvalue weighted by molar-refractivity contribution is 0.157. The molecule has 0 radical (unpaired) electrons. The molecule has 0 aromatic heterocycles. The van der Waals surface area contributed by atoms with Gasteiger partial charge in [-0.15, -0.1) is 0 Å². The van der Waals surface area contributed by atoms with Crippen molar-refractivity contribution in [2.75, 3.05) is 13.0 Å². The molecule has 1 atom stereocenters. The molecule has 0 heterocycles.